The van der Waals surface area contributed by atoms with Crippen LogP contribution in [0.3, 0.4) is 0 Å². The Labute approximate surface area is 104 Å². The van der Waals surface area contributed by atoms with Gasteiger partial charge in [-0.25, -0.2) is 0 Å². The van der Waals surface area contributed by atoms with E-state index in [0.717, 1.165) is 11.5 Å². The Bertz CT molecular complexity index is 127. The lowest BCUT2D eigenvalue weighted by Gasteiger charge is -2.01. The molecule has 0 aromatic rings. The molecule has 2 heteroatoms. The van der Waals surface area contributed by atoms with E-state index in [2.05, 4.69) is 13.2 Å². The predicted octanol–water partition coefficient (Wildman–Crippen LogP) is 4.78. The number of hydrogen-bond donors (Lipinski definition) is 0. The number of rotatable bonds is 12. The topological polar surface area (TPSA) is 0 Å². The minimum atomic E-state index is 1.11. The summed E-state index contributed by atoms with van der Waals surface area (Å²) < 4.78 is 0. The third-order valence-electron chi connectivity index (χ3n) is 2.05. The van der Waals surface area contributed by atoms with Gasteiger partial charge in [0.25, 0.3) is 0 Å². The average molecular weight is 244 g/mol. The molecule has 0 fully saturated rings. The fourth-order valence-electron chi connectivity index (χ4n) is 1.27. The summed E-state index contributed by atoms with van der Waals surface area (Å²) in [5, 5.41) is 0. The highest BCUT2D eigenvalue weighted by atomic mass is 32.2. The number of unbranched alkanes of at least 4 members (excludes halogenated alkanes) is 4. The number of hydrogen-bond acceptors (Lipinski definition) is 2. The van der Waals surface area contributed by atoms with Gasteiger partial charge in [0, 0.05) is 11.5 Å². The van der Waals surface area contributed by atoms with Gasteiger partial charge < -0.3 is 0 Å². The molecule has 0 atom stereocenters. The Balaban J connectivity index is 2.86. The maximum atomic E-state index is 3.71. The third kappa shape index (κ3) is 14.2. The molecule has 0 bridgehead atoms. The Morgan fingerprint density at radius 1 is 0.667 bits per heavy atom. The molecule has 0 saturated heterocycles. The first-order valence-corrected chi connectivity index (χ1v) is 8.10. The van der Waals surface area contributed by atoms with Crippen molar-refractivity contribution < 1.29 is 0 Å². The molecule has 0 aromatic heterocycles. The summed E-state index contributed by atoms with van der Waals surface area (Å²) in [6.45, 7) is 7.43. The van der Waals surface area contributed by atoms with E-state index in [1.54, 1.807) is 0 Å². The fraction of sp³-hybridized carbons (Fsp3) is 0.692. The van der Waals surface area contributed by atoms with E-state index in [1.165, 1.54) is 43.6 Å². The SMILES string of the molecule is C=CCSCCCCCCCSCC=C. The van der Waals surface area contributed by atoms with Crippen molar-refractivity contribution >= 4 is 23.5 Å². The summed E-state index contributed by atoms with van der Waals surface area (Å²) in [4.78, 5) is 0. The lowest BCUT2D eigenvalue weighted by Crippen LogP contribution is -1.85. The first-order chi connectivity index (χ1) is 7.41. The average Bonchev–Trinajstić information content (AvgIpc) is 2.26. The van der Waals surface area contributed by atoms with E-state index in [9.17, 15) is 0 Å². The molecule has 0 nitrogen and oxygen atoms in total. The molecule has 0 N–H and O–H groups in total. The molecule has 0 aliphatic heterocycles. The van der Waals surface area contributed by atoms with Crippen LogP contribution in [-0.4, -0.2) is 23.0 Å². The predicted molar refractivity (Wildman–Crippen MR) is 78.1 cm³/mol. The van der Waals surface area contributed by atoms with E-state index in [1.807, 2.05) is 35.7 Å². The molecule has 0 radical (unpaired) electrons. The maximum Gasteiger partial charge on any atom is 0.0110 e. The van der Waals surface area contributed by atoms with Gasteiger partial charge in [-0.3, -0.25) is 0 Å². The van der Waals surface area contributed by atoms with E-state index >= 15 is 0 Å². The number of thioether (sulfide) groups is 2. The zero-order valence-electron chi connectivity index (χ0n) is 9.75. The van der Waals surface area contributed by atoms with Crippen molar-refractivity contribution in [3.05, 3.63) is 25.3 Å². The van der Waals surface area contributed by atoms with Gasteiger partial charge in [-0.2, -0.15) is 23.5 Å². The van der Waals surface area contributed by atoms with Crippen molar-refractivity contribution in [1.82, 2.24) is 0 Å². The van der Waals surface area contributed by atoms with Crippen LogP contribution in [0.5, 0.6) is 0 Å². The Kier molecular flexibility index (Phi) is 14.4. The molecule has 0 spiro atoms. The molecule has 0 saturated carbocycles. The van der Waals surface area contributed by atoms with Gasteiger partial charge >= 0.3 is 0 Å². The summed E-state index contributed by atoms with van der Waals surface area (Å²) in [5.41, 5.74) is 0. The Hall–Kier alpha value is 0.180. The van der Waals surface area contributed by atoms with Crippen molar-refractivity contribution in [3.8, 4) is 0 Å². The van der Waals surface area contributed by atoms with Gasteiger partial charge in [0.05, 0.1) is 0 Å². The lowest BCUT2D eigenvalue weighted by molar-refractivity contribution is 0.663. The lowest BCUT2D eigenvalue weighted by atomic mass is 10.2. The molecule has 0 aromatic carbocycles. The molecular formula is C13H24S2. The molecule has 0 aliphatic carbocycles. The van der Waals surface area contributed by atoms with Crippen LogP contribution in [0.2, 0.25) is 0 Å². The molecule has 0 aliphatic rings. The highest BCUT2D eigenvalue weighted by molar-refractivity contribution is 7.99. The van der Waals surface area contributed by atoms with Crippen LogP contribution < -0.4 is 0 Å². The first kappa shape index (κ1) is 15.2. The van der Waals surface area contributed by atoms with E-state index < -0.39 is 0 Å². The van der Waals surface area contributed by atoms with Crippen LogP contribution in [0, 0.1) is 0 Å². The molecule has 0 unspecified atom stereocenters. The van der Waals surface area contributed by atoms with Crippen LogP contribution >= 0.6 is 23.5 Å². The van der Waals surface area contributed by atoms with Crippen LogP contribution in [0.4, 0.5) is 0 Å². The van der Waals surface area contributed by atoms with E-state index in [0.29, 0.717) is 0 Å². The second-order valence-corrected chi connectivity index (χ2v) is 5.79. The van der Waals surface area contributed by atoms with Crippen molar-refractivity contribution in [2.45, 2.75) is 32.1 Å². The van der Waals surface area contributed by atoms with Gasteiger partial charge in [-0.05, 0) is 24.3 Å². The van der Waals surface area contributed by atoms with E-state index in [4.69, 9.17) is 0 Å². The van der Waals surface area contributed by atoms with Gasteiger partial charge in [-0.15, -0.1) is 13.2 Å². The zero-order valence-corrected chi connectivity index (χ0v) is 11.4. The smallest absolute Gasteiger partial charge is 0.0110 e. The van der Waals surface area contributed by atoms with Crippen molar-refractivity contribution in [1.29, 1.82) is 0 Å². The van der Waals surface area contributed by atoms with Crippen molar-refractivity contribution in [2.75, 3.05) is 23.0 Å². The summed E-state index contributed by atoms with van der Waals surface area (Å²) in [6, 6.07) is 0. The van der Waals surface area contributed by atoms with Crippen molar-refractivity contribution in [2.24, 2.45) is 0 Å². The molecular weight excluding hydrogens is 220 g/mol. The van der Waals surface area contributed by atoms with Gasteiger partial charge in [0.1, 0.15) is 0 Å². The maximum absolute atomic E-state index is 3.71. The van der Waals surface area contributed by atoms with Crippen LogP contribution in [0.1, 0.15) is 32.1 Å². The standard InChI is InChI=1S/C13H24S2/c1-3-10-14-12-8-6-5-7-9-13-15-11-4-2/h3-4H,1-2,5-13H2. The normalized spacial score (nSPS) is 10.1. The van der Waals surface area contributed by atoms with Crippen molar-refractivity contribution in [3.63, 3.8) is 0 Å². The third-order valence-corrected chi connectivity index (χ3v) is 4.15. The Morgan fingerprint density at radius 2 is 1.07 bits per heavy atom. The minimum absolute atomic E-state index is 1.11. The summed E-state index contributed by atoms with van der Waals surface area (Å²) in [7, 11) is 0. The molecule has 0 heterocycles. The first-order valence-electron chi connectivity index (χ1n) is 5.79. The largest absolute Gasteiger partial charge is 0.158 e. The van der Waals surface area contributed by atoms with Gasteiger partial charge in [-0.1, -0.05) is 31.4 Å². The monoisotopic (exact) mass is 244 g/mol. The summed E-state index contributed by atoms with van der Waals surface area (Å²) >= 11 is 3.99. The second kappa shape index (κ2) is 14.2. The van der Waals surface area contributed by atoms with Crippen LogP contribution in [0.15, 0.2) is 25.3 Å². The van der Waals surface area contributed by atoms with Gasteiger partial charge in [0.15, 0.2) is 0 Å². The minimum Gasteiger partial charge on any atom is -0.158 e. The van der Waals surface area contributed by atoms with E-state index in [-0.39, 0.29) is 0 Å². The highest BCUT2D eigenvalue weighted by Crippen LogP contribution is 2.11. The molecule has 15 heavy (non-hydrogen) atoms. The second-order valence-electron chi connectivity index (χ2n) is 3.49. The zero-order chi connectivity index (χ0) is 11.2. The summed E-state index contributed by atoms with van der Waals surface area (Å²) in [5.74, 6) is 4.82. The van der Waals surface area contributed by atoms with Crippen LogP contribution in [-0.2, 0) is 0 Å². The molecule has 0 rings (SSSR count). The Morgan fingerprint density at radius 3 is 1.47 bits per heavy atom. The molecule has 0 amide bonds. The van der Waals surface area contributed by atoms with Crippen LogP contribution in [0.25, 0.3) is 0 Å². The van der Waals surface area contributed by atoms with Gasteiger partial charge in [0.2, 0.25) is 0 Å². The fourth-order valence-corrected chi connectivity index (χ4v) is 2.76. The highest BCUT2D eigenvalue weighted by Gasteiger charge is 1.91. The summed E-state index contributed by atoms with van der Waals surface area (Å²) in [6.07, 6.45) is 10.9. The molecule has 88 valence electrons. The quantitative estimate of drug-likeness (QED) is 0.358.